The van der Waals surface area contributed by atoms with E-state index < -0.39 is 0 Å². The molecule has 0 saturated carbocycles. The molecule has 2 nitrogen and oxygen atoms in total. The standard InChI is InChI=1S/C12H9BrClIN2/c13-7-1-3-11(9(14)5-7)17-12-4-2-8(15)6-10(12)16/h1-6,17H,16H2. The zero-order valence-electron chi connectivity index (χ0n) is 8.68. The normalized spacial score (nSPS) is 10.3. The first-order valence-corrected chi connectivity index (χ1v) is 7.08. The molecular weight excluding hydrogens is 414 g/mol. The summed E-state index contributed by atoms with van der Waals surface area (Å²) in [4.78, 5) is 0. The van der Waals surface area contributed by atoms with Crippen LogP contribution in [0.5, 0.6) is 0 Å². The minimum atomic E-state index is 0.650. The third-order valence-corrected chi connectivity index (χ3v) is 3.69. The highest BCUT2D eigenvalue weighted by atomic mass is 127. The molecule has 0 amide bonds. The summed E-state index contributed by atoms with van der Waals surface area (Å²) in [6.07, 6.45) is 0. The summed E-state index contributed by atoms with van der Waals surface area (Å²) >= 11 is 11.7. The Balaban J connectivity index is 2.31. The van der Waals surface area contributed by atoms with Crippen molar-refractivity contribution in [3.05, 3.63) is 49.5 Å². The maximum atomic E-state index is 6.13. The molecule has 88 valence electrons. The van der Waals surface area contributed by atoms with Crippen LogP contribution < -0.4 is 11.1 Å². The zero-order chi connectivity index (χ0) is 12.4. The first kappa shape index (κ1) is 13.0. The molecule has 0 aromatic heterocycles. The van der Waals surface area contributed by atoms with E-state index in [2.05, 4.69) is 43.8 Å². The second kappa shape index (κ2) is 5.46. The number of rotatable bonds is 2. The fourth-order valence-electron chi connectivity index (χ4n) is 1.38. The maximum absolute atomic E-state index is 6.13. The smallest absolute Gasteiger partial charge is 0.0652 e. The van der Waals surface area contributed by atoms with Gasteiger partial charge in [0.05, 0.1) is 22.1 Å². The van der Waals surface area contributed by atoms with Crippen molar-refractivity contribution >= 4 is 67.2 Å². The summed E-state index contributed by atoms with van der Waals surface area (Å²) in [5.74, 6) is 0. The molecule has 0 bridgehead atoms. The van der Waals surface area contributed by atoms with Crippen molar-refractivity contribution in [2.24, 2.45) is 0 Å². The molecule has 0 aliphatic rings. The number of hydrogen-bond acceptors (Lipinski definition) is 2. The molecule has 0 radical (unpaired) electrons. The summed E-state index contributed by atoms with van der Waals surface area (Å²) in [6.45, 7) is 0. The molecular formula is C12H9BrClIN2. The van der Waals surface area contributed by atoms with E-state index in [0.29, 0.717) is 10.7 Å². The molecule has 2 rings (SSSR count). The van der Waals surface area contributed by atoms with E-state index in [0.717, 1.165) is 19.4 Å². The van der Waals surface area contributed by atoms with Crippen molar-refractivity contribution in [3.63, 3.8) is 0 Å². The van der Waals surface area contributed by atoms with E-state index in [1.807, 2.05) is 36.4 Å². The van der Waals surface area contributed by atoms with Crippen LogP contribution in [0, 0.1) is 3.57 Å². The summed E-state index contributed by atoms with van der Waals surface area (Å²) in [7, 11) is 0. The highest BCUT2D eigenvalue weighted by molar-refractivity contribution is 14.1. The van der Waals surface area contributed by atoms with E-state index in [9.17, 15) is 0 Å². The van der Waals surface area contributed by atoms with Crippen LogP contribution in [0.2, 0.25) is 5.02 Å². The SMILES string of the molecule is Nc1cc(I)ccc1Nc1ccc(Br)cc1Cl. The lowest BCUT2D eigenvalue weighted by atomic mass is 10.2. The molecule has 2 aromatic carbocycles. The van der Waals surface area contributed by atoms with E-state index in [4.69, 9.17) is 17.3 Å². The molecule has 0 heterocycles. The van der Waals surface area contributed by atoms with E-state index >= 15 is 0 Å². The monoisotopic (exact) mass is 422 g/mol. The fraction of sp³-hybridized carbons (Fsp3) is 0. The summed E-state index contributed by atoms with van der Waals surface area (Å²) in [5, 5.41) is 3.86. The average Bonchev–Trinajstić information content (AvgIpc) is 2.25. The van der Waals surface area contributed by atoms with Gasteiger partial charge in [-0.2, -0.15) is 0 Å². The highest BCUT2D eigenvalue weighted by Gasteiger charge is 2.04. The third-order valence-electron chi connectivity index (χ3n) is 2.21. The van der Waals surface area contributed by atoms with Gasteiger partial charge in [0, 0.05) is 8.04 Å². The number of nitrogen functional groups attached to an aromatic ring is 1. The van der Waals surface area contributed by atoms with Crippen LogP contribution in [0.1, 0.15) is 0 Å². The van der Waals surface area contributed by atoms with Gasteiger partial charge in [0.25, 0.3) is 0 Å². The number of halogens is 3. The van der Waals surface area contributed by atoms with Gasteiger partial charge in [-0.3, -0.25) is 0 Å². The molecule has 0 saturated heterocycles. The van der Waals surface area contributed by atoms with Crippen molar-refractivity contribution in [2.75, 3.05) is 11.1 Å². The Bertz CT molecular complexity index is 511. The van der Waals surface area contributed by atoms with Crippen molar-refractivity contribution in [2.45, 2.75) is 0 Å². The number of hydrogen-bond donors (Lipinski definition) is 2. The van der Waals surface area contributed by atoms with Gasteiger partial charge >= 0.3 is 0 Å². The van der Waals surface area contributed by atoms with E-state index in [-0.39, 0.29) is 0 Å². The molecule has 0 aliphatic carbocycles. The van der Waals surface area contributed by atoms with Gasteiger partial charge in [0.15, 0.2) is 0 Å². The van der Waals surface area contributed by atoms with Crippen LogP contribution in [0.4, 0.5) is 17.1 Å². The Hall–Kier alpha value is -0.460. The molecule has 17 heavy (non-hydrogen) atoms. The third kappa shape index (κ3) is 3.26. The highest BCUT2D eigenvalue weighted by Crippen LogP contribution is 2.31. The maximum Gasteiger partial charge on any atom is 0.0652 e. The first-order chi connectivity index (χ1) is 8.06. The molecule has 5 heteroatoms. The van der Waals surface area contributed by atoms with Crippen molar-refractivity contribution in [3.8, 4) is 0 Å². The number of nitrogens with two attached hydrogens (primary N) is 1. The van der Waals surface area contributed by atoms with E-state index in [1.165, 1.54) is 0 Å². The van der Waals surface area contributed by atoms with E-state index in [1.54, 1.807) is 0 Å². The lowest BCUT2D eigenvalue weighted by Gasteiger charge is -2.11. The van der Waals surface area contributed by atoms with Gasteiger partial charge in [0.1, 0.15) is 0 Å². The van der Waals surface area contributed by atoms with Crippen LogP contribution in [0.25, 0.3) is 0 Å². The van der Waals surface area contributed by atoms with Crippen molar-refractivity contribution in [1.82, 2.24) is 0 Å². The Morgan fingerprint density at radius 2 is 1.82 bits per heavy atom. The zero-order valence-corrected chi connectivity index (χ0v) is 13.2. The molecule has 0 atom stereocenters. The summed E-state index contributed by atoms with van der Waals surface area (Å²) in [5.41, 5.74) is 8.33. The molecule has 2 aromatic rings. The van der Waals surface area contributed by atoms with Gasteiger partial charge in [-0.1, -0.05) is 27.5 Å². The first-order valence-electron chi connectivity index (χ1n) is 4.83. The second-order valence-corrected chi connectivity index (χ2v) is 6.05. The summed E-state index contributed by atoms with van der Waals surface area (Å²) < 4.78 is 2.05. The predicted octanol–water partition coefficient (Wildman–Crippen LogP) is 5.03. The van der Waals surface area contributed by atoms with Gasteiger partial charge in [-0.05, 0) is 59.0 Å². The van der Waals surface area contributed by atoms with Crippen LogP contribution in [-0.4, -0.2) is 0 Å². The summed E-state index contributed by atoms with van der Waals surface area (Å²) in [6, 6.07) is 11.5. The number of nitrogens with one attached hydrogen (secondary N) is 1. The fourth-order valence-corrected chi connectivity index (χ4v) is 2.62. The Morgan fingerprint density at radius 3 is 2.47 bits per heavy atom. The Morgan fingerprint density at radius 1 is 1.12 bits per heavy atom. The van der Waals surface area contributed by atoms with Crippen molar-refractivity contribution in [1.29, 1.82) is 0 Å². The minimum Gasteiger partial charge on any atom is -0.397 e. The number of anilines is 3. The largest absolute Gasteiger partial charge is 0.397 e. The Kier molecular flexibility index (Phi) is 4.17. The van der Waals surface area contributed by atoms with Crippen LogP contribution in [0.3, 0.4) is 0 Å². The van der Waals surface area contributed by atoms with Crippen molar-refractivity contribution < 1.29 is 0 Å². The van der Waals surface area contributed by atoms with Gasteiger partial charge in [0.2, 0.25) is 0 Å². The number of benzene rings is 2. The lowest BCUT2D eigenvalue weighted by molar-refractivity contribution is 1.52. The van der Waals surface area contributed by atoms with Crippen LogP contribution in [-0.2, 0) is 0 Å². The minimum absolute atomic E-state index is 0.650. The molecule has 0 unspecified atom stereocenters. The quantitative estimate of drug-likeness (QED) is 0.525. The molecule has 3 N–H and O–H groups in total. The predicted molar refractivity (Wildman–Crippen MR) is 86.0 cm³/mol. The lowest BCUT2D eigenvalue weighted by Crippen LogP contribution is -1.97. The van der Waals surface area contributed by atoms with Gasteiger partial charge in [-0.15, -0.1) is 0 Å². The van der Waals surface area contributed by atoms with Crippen LogP contribution in [0.15, 0.2) is 40.9 Å². The molecule has 0 fully saturated rings. The second-order valence-electron chi connectivity index (χ2n) is 3.48. The topological polar surface area (TPSA) is 38.0 Å². The molecule has 0 aliphatic heterocycles. The average molecular weight is 423 g/mol. The molecule has 0 spiro atoms. The Labute approximate surface area is 127 Å². The van der Waals surface area contributed by atoms with Gasteiger partial charge in [-0.25, -0.2) is 0 Å². The van der Waals surface area contributed by atoms with Gasteiger partial charge < -0.3 is 11.1 Å². The van der Waals surface area contributed by atoms with Crippen LogP contribution >= 0.6 is 50.1 Å².